The van der Waals surface area contributed by atoms with E-state index in [9.17, 15) is 4.79 Å². The highest BCUT2D eigenvalue weighted by Gasteiger charge is 2.17. The van der Waals surface area contributed by atoms with Gasteiger partial charge < -0.3 is 8.98 Å². The number of halogens is 1. The molecule has 0 saturated heterocycles. The molecule has 7 heteroatoms. The molecule has 0 amide bonds. The lowest BCUT2D eigenvalue weighted by atomic mass is 10.2. The van der Waals surface area contributed by atoms with Gasteiger partial charge in [0, 0.05) is 33.4 Å². The van der Waals surface area contributed by atoms with Crippen LogP contribution in [0.3, 0.4) is 0 Å². The van der Waals surface area contributed by atoms with Crippen molar-refractivity contribution in [2.24, 2.45) is 5.10 Å². The quantitative estimate of drug-likeness (QED) is 0.219. The third-order valence-electron chi connectivity index (χ3n) is 6.56. The summed E-state index contributed by atoms with van der Waals surface area (Å²) in [5, 5.41) is 6.05. The number of furan rings is 1. The van der Waals surface area contributed by atoms with Crippen molar-refractivity contribution in [1.29, 1.82) is 0 Å². The van der Waals surface area contributed by atoms with Gasteiger partial charge in [0.2, 0.25) is 5.82 Å². The Morgan fingerprint density at radius 1 is 0.973 bits per heavy atom. The van der Waals surface area contributed by atoms with Gasteiger partial charge in [0.05, 0.1) is 17.1 Å². The average Bonchev–Trinajstić information content (AvgIpc) is 3.44. The molecule has 0 unspecified atom stereocenters. The van der Waals surface area contributed by atoms with Crippen LogP contribution in [0.5, 0.6) is 0 Å². The van der Waals surface area contributed by atoms with Gasteiger partial charge in [0.1, 0.15) is 5.58 Å². The predicted molar refractivity (Wildman–Crippen MR) is 151 cm³/mol. The van der Waals surface area contributed by atoms with Crippen LogP contribution in [-0.4, -0.2) is 20.4 Å². The van der Waals surface area contributed by atoms with E-state index in [-0.39, 0.29) is 5.56 Å². The minimum Gasteiger partial charge on any atom is -0.453 e. The summed E-state index contributed by atoms with van der Waals surface area (Å²) in [7, 11) is 0. The maximum atomic E-state index is 13.6. The lowest BCUT2D eigenvalue weighted by Gasteiger charge is -2.09. The molecule has 37 heavy (non-hydrogen) atoms. The van der Waals surface area contributed by atoms with E-state index in [1.807, 2.05) is 60.7 Å². The molecular weight excluding hydrogens is 528 g/mol. The summed E-state index contributed by atoms with van der Waals surface area (Å²) in [4.78, 5) is 18.3. The fraction of sp³-hybridized carbons (Fsp3) is 0.100. The first-order valence-corrected chi connectivity index (χ1v) is 12.7. The van der Waals surface area contributed by atoms with Gasteiger partial charge in [-0.15, -0.1) is 0 Å². The Hall–Kier alpha value is -4.23. The van der Waals surface area contributed by atoms with Gasteiger partial charge in [-0.3, -0.25) is 4.79 Å². The molecule has 0 aliphatic heterocycles. The molecule has 6 nitrogen and oxygen atoms in total. The number of hydrogen-bond acceptors (Lipinski definition) is 4. The molecule has 6 aromatic rings. The molecule has 0 radical (unpaired) electrons. The molecule has 0 atom stereocenters. The third-order valence-corrected chi connectivity index (χ3v) is 7.05. The van der Waals surface area contributed by atoms with Crippen molar-refractivity contribution in [3.8, 4) is 11.6 Å². The van der Waals surface area contributed by atoms with E-state index in [0.717, 1.165) is 33.4 Å². The predicted octanol–water partition coefficient (Wildman–Crippen LogP) is 6.92. The van der Waals surface area contributed by atoms with Crippen molar-refractivity contribution < 1.29 is 4.42 Å². The highest BCUT2D eigenvalue weighted by Crippen LogP contribution is 2.29. The summed E-state index contributed by atoms with van der Waals surface area (Å²) in [6.07, 6.45) is 1.73. The lowest BCUT2D eigenvalue weighted by Crippen LogP contribution is -2.20. The summed E-state index contributed by atoms with van der Waals surface area (Å²) in [6.45, 7) is 4.91. The van der Waals surface area contributed by atoms with Crippen molar-refractivity contribution in [3.05, 3.63) is 122 Å². The Morgan fingerprint density at radius 2 is 1.76 bits per heavy atom. The largest absolute Gasteiger partial charge is 0.453 e. The second kappa shape index (κ2) is 9.33. The van der Waals surface area contributed by atoms with E-state index >= 15 is 0 Å². The van der Waals surface area contributed by atoms with E-state index in [4.69, 9.17) is 9.40 Å². The Balaban J connectivity index is 1.47. The summed E-state index contributed by atoms with van der Waals surface area (Å²) >= 11 is 3.50. The van der Waals surface area contributed by atoms with Crippen molar-refractivity contribution >= 4 is 44.0 Å². The smallest absolute Gasteiger partial charge is 0.282 e. The van der Waals surface area contributed by atoms with Crippen LogP contribution in [0.25, 0.3) is 33.5 Å². The van der Waals surface area contributed by atoms with Crippen LogP contribution in [0.15, 0.2) is 104 Å². The number of rotatable bonds is 5. The summed E-state index contributed by atoms with van der Waals surface area (Å²) < 4.78 is 10.6. The van der Waals surface area contributed by atoms with Crippen molar-refractivity contribution in [3.63, 3.8) is 0 Å². The van der Waals surface area contributed by atoms with Gasteiger partial charge in [0.15, 0.2) is 5.76 Å². The fourth-order valence-corrected chi connectivity index (χ4v) is 4.98. The highest BCUT2D eigenvalue weighted by molar-refractivity contribution is 9.10. The molecule has 0 saturated carbocycles. The van der Waals surface area contributed by atoms with Crippen LogP contribution in [0.2, 0.25) is 0 Å². The Labute approximate surface area is 221 Å². The topological polar surface area (TPSA) is 65.3 Å². The van der Waals surface area contributed by atoms with Gasteiger partial charge >= 0.3 is 0 Å². The van der Waals surface area contributed by atoms with E-state index in [2.05, 4.69) is 57.6 Å². The van der Waals surface area contributed by atoms with Crippen LogP contribution >= 0.6 is 15.9 Å². The number of aromatic nitrogens is 3. The monoisotopic (exact) mass is 550 g/mol. The van der Waals surface area contributed by atoms with Crippen molar-refractivity contribution in [2.45, 2.75) is 20.4 Å². The molecule has 182 valence electrons. The molecular formula is C30H23BrN4O2. The fourth-order valence-electron chi connectivity index (χ4n) is 4.60. The van der Waals surface area contributed by atoms with Crippen molar-refractivity contribution in [2.75, 3.05) is 0 Å². The molecule has 0 aliphatic carbocycles. The van der Waals surface area contributed by atoms with E-state index in [1.54, 1.807) is 12.3 Å². The molecule has 0 spiro atoms. The minimum atomic E-state index is -0.253. The van der Waals surface area contributed by atoms with Crippen LogP contribution in [-0.2, 0) is 6.54 Å². The standard InChI is InChI=1S/C30H23BrN4O2/c1-19-14-23(20(2)34(19)18-21-8-4-3-5-9-21)17-32-35-29(33-26-11-7-6-10-25(26)30(35)36)28-16-22-15-24(31)12-13-27(22)37-28/h3-17H,18H2,1-2H3. The number of nitrogens with zero attached hydrogens (tertiary/aromatic N) is 4. The summed E-state index contributed by atoms with van der Waals surface area (Å²) in [5.74, 6) is 0.827. The van der Waals surface area contributed by atoms with Crippen LogP contribution < -0.4 is 5.56 Å². The molecule has 3 heterocycles. The van der Waals surface area contributed by atoms with Crippen molar-refractivity contribution in [1.82, 2.24) is 14.2 Å². The van der Waals surface area contributed by atoms with E-state index < -0.39 is 0 Å². The Bertz CT molecular complexity index is 1860. The highest BCUT2D eigenvalue weighted by atomic mass is 79.9. The molecule has 0 bridgehead atoms. The van der Waals surface area contributed by atoms with E-state index in [1.165, 1.54) is 10.2 Å². The second-order valence-corrected chi connectivity index (χ2v) is 9.92. The first-order valence-electron chi connectivity index (χ1n) is 11.9. The number of fused-ring (bicyclic) bond motifs is 2. The first-order chi connectivity index (χ1) is 18.0. The first kappa shape index (κ1) is 23.2. The SMILES string of the molecule is Cc1cc(C=Nn2c(-c3cc4cc(Br)ccc4o3)nc3ccccc3c2=O)c(C)n1Cc1ccccc1. The molecule has 3 aromatic carbocycles. The molecule has 3 aromatic heterocycles. The zero-order valence-corrected chi connectivity index (χ0v) is 21.9. The maximum absolute atomic E-state index is 13.6. The number of hydrogen-bond donors (Lipinski definition) is 0. The molecule has 0 N–H and O–H groups in total. The van der Waals surface area contributed by atoms with Crippen LogP contribution in [0, 0.1) is 13.8 Å². The van der Waals surface area contributed by atoms with Gasteiger partial charge in [0.25, 0.3) is 5.56 Å². The van der Waals surface area contributed by atoms with Crippen LogP contribution in [0.4, 0.5) is 0 Å². The van der Waals surface area contributed by atoms with Gasteiger partial charge in [-0.2, -0.15) is 9.78 Å². The van der Waals surface area contributed by atoms with Gasteiger partial charge in [-0.05, 0) is 61.9 Å². The zero-order chi connectivity index (χ0) is 25.5. The number of aryl methyl sites for hydroxylation is 1. The molecule has 6 rings (SSSR count). The maximum Gasteiger partial charge on any atom is 0.282 e. The number of para-hydroxylation sites is 1. The third kappa shape index (κ3) is 4.32. The zero-order valence-electron chi connectivity index (χ0n) is 20.4. The van der Waals surface area contributed by atoms with E-state index in [0.29, 0.717) is 28.1 Å². The lowest BCUT2D eigenvalue weighted by molar-refractivity contribution is 0.616. The summed E-state index contributed by atoms with van der Waals surface area (Å²) in [6, 6.07) is 27.4. The van der Waals surface area contributed by atoms with Crippen LogP contribution in [0.1, 0.15) is 22.5 Å². The Morgan fingerprint density at radius 3 is 2.59 bits per heavy atom. The average molecular weight is 551 g/mol. The minimum absolute atomic E-state index is 0.253. The van der Waals surface area contributed by atoms with Gasteiger partial charge in [-0.1, -0.05) is 58.4 Å². The normalized spacial score (nSPS) is 11.8. The number of benzene rings is 3. The van der Waals surface area contributed by atoms with Gasteiger partial charge in [-0.25, -0.2) is 4.98 Å². The Kier molecular flexibility index (Phi) is 5.85. The second-order valence-electron chi connectivity index (χ2n) is 9.01. The molecule has 0 aliphatic rings. The molecule has 0 fully saturated rings. The summed E-state index contributed by atoms with van der Waals surface area (Å²) in [5.41, 5.74) is 5.40.